The van der Waals surface area contributed by atoms with Crippen molar-refractivity contribution in [1.29, 1.82) is 0 Å². The minimum Gasteiger partial charge on any atom is -0.480 e. The van der Waals surface area contributed by atoms with Gasteiger partial charge in [0, 0.05) is 0 Å². The molecule has 0 aliphatic heterocycles. The predicted octanol–water partition coefficient (Wildman–Crippen LogP) is 1.91. The molecule has 1 atom stereocenters. The third-order valence-corrected chi connectivity index (χ3v) is 2.94. The van der Waals surface area contributed by atoms with Crippen molar-refractivity contribution in [3.05, 3.63) is 34.9 Å². The Bertz CT molecular complexity index is 404. The van der Waals surface area contributed by atoms with Gasteiger partial charge in [0.05, 0.1) is 12.6 Å². The van der Waals surface area contributed by atoms with Gasteiger partial charge in [0.1, 0.15) is 6.61 Å². The Labute approximate surface area is 108 Å². The molecule has 0 aliphatic rings. The van der Waals surface area contributed by atoms with E-state index in [1.54, 1.807) is 0 Å². The quantitative estimate of drug-likeness (QED) is 0.776. The van der Waals surface area contributed by atoms with Gasteiger partial charge in [0.2, 0.25) is 0 Å². The number of aliphatic carboxylic acids is 1. The second kappa shape index (κ2) is 7.13. The Morgan fingerprint density at radius 3 is 2.56 bits per heavy atom. The fraction of sp³-hybridized carbons (Fsp3) is 0.500. The monoisotopic (exact) mass is 251 g/mol. The van der Waals surface area contributed by atoms with Crippen molar-refractivity contribution in [2.45, 2.75) is 32.7 Å². The van der Waals surface area contributed by atoms with Crippen LogP contribution in [0.2, 0.25) is 0 Å². The molecule has 18 heavy (non-hydrogen) atoms. The lowest BCUT2D eigenvalue weighted by molar-refractivity contribution is -0.142. The number of benzene rings is 1. The third kappa shape index (κ3) is 4.13. The van der Waals surface area contributed by atoms with Gasteiger partial charge in [-0.2, -0.15) is 0 Å². The van der Waals surface area contributed by atoms with Gasteiger partial charge in [0.15, 0.2) is 0 Å². The van der Waals surface area contributed by atoms with Crippen molar-refractivity contribution in [1.82, 2.24) is 0 Å². The predicted molar refractivity (Wildman–Crippen MR) is 70.6 cm³/mol. The van der Waals surface area contributed by atoms with Crippen LogP contribution in [0.3, 0.4) is 0 Å². The van der Waals surface area contributed by atoms with E-state index in [4.69, 9.17) is 15.6 Å². The second-order valence-corrected chi connectivity index (χ2v) is 4.25. The van der Waals surface area contributed by atoms with E-state index in [9.17, 15) is 4.79 Å². The Morgan fingerprint density at radius 2 is 2.00 bits per heavy atom. The molecule has 0 aromatic heterocycles. The highest BCUT2D eigenvalue weighted by atomic mass is 16.5. The summed E-state index contributed by atoms with van der Waals surface area (Å²) in [6.07, 6.45) is 1.98. The molecule has 0 saturated carbocycles. The maximum absolute atomic E-state index is 10.3. The molecule has 0 radical (unpaired) electrons. The maximum Gasteiger partial charge on any atom is 0.329 e. The van der Waals surface area contributed by atoms with Crippen LogP contribution in [0.4, 0.5) is 0 Å². The summed E-state index contributed by atoms with van der Waals surface area (Å²) < 4.78 is 5.02. The van der Waals surface area contributed by atoms with Gasteiger partial charge in [0.25, 0.3) is 0 Å². The molecule has 0 heterocycles. The molecule has 0 aliphatic carbocycles. The molecule has 0 amide bonds. The number of nitrogens with two attached hydrogens (primary N) is 1. The van der Waals surface area contributed by atoms with E-state index in [0.29, 0.717) is 0 Å². The first-order valence-electron chi connectivity index (χ1n) is 6.25. The van der Waals surface area contributed by atoms with Crippen LogP contribution in [-0.4, -0.2) is 24.3 Å². The lowest BCUT2D eigenvalue weighted by Crippen LogP contribution is -2.20. The fourth-order valence-electron chi connectivity index (χ4n) is 1.92. The molecule has 1 unspecified atom stereocenters. The first-order valence-corrected chi connectivity index (χ1v) is 6.25. The van der Waals surface area contributed by atoms with Gasteiger partial charge >= 0.3 is 5.97 Å². The van der Waals surface area contributed by atoms with Gasteiger partial charge in [-0.3, -0.25) is 0 Å². The van der Waals surface area contributed by atoms with Crippen LogP contribution in [0.1, 0.15) is 36.6 Å². The maximum atomic E-state index is 10.3. The Hall–Kier alpha value is -1.39. The summed E-state index contributed by atoms with van der Waals surface area (Å²) in [6, 6.07) is 5.89. The fourth-order valence-corrected chi connectivity index (χ4v) is 1.92. The van der Waals surface area contributed by atoms with E-state index in [1.165, 1.54) is 11.1 Å². The number of ether oxygens (including phenoxy) is 1. The van der Waals surface area contributed by atoms with Crippen LogP contribution in [0.25, 0.3) is 0 Å². The average Bonchev–Trinajstić information content (AvgIpc) is 2.37. The molecule has 0 saturated heterocycles. The van der Waals surface area contributed by atoms with E-state index in [2.05, 4.69) is 26.0 Å². The lowest BCUT2D eigenvalue weighted by Gasteiger charge is -2.15. The van der Waals surface area contributed by atoms with Crippen LogP contribution in [0.5, 0.6) is 0 Å². The molecule has 1 aromatic rings. The highest BCUT2D eigenvalue weighted by Gasteiger charge is 2.09. The van der Waals surface area contributed by atoms with Crippen molar-refractivity contribution < 1.29 is 14.6 Å². The first-order chi connectivity index (χ1) is 8.58. The van der Waals surface area contributed by atoms with E-state index in [0.717, 1.165) is 18.4 Å². The minimum atomic E-state index is -0.974. The number of hydrogen-bond acceptors (Lipinski definition) is 3. The SMILES string of the molecule is CCc1ccc(C(N)COCC(=O)O)cc1CC. The number of carbonyl (C=O) groups is 1. The summed E-state index contributed by atoms with van der Waals surface area (Å²) in [6.45, 7) is 4.16. The van der Waals surface area contributed by atoms with Crippen LogP contribution < -0.4 is 5.73 Å². The number of carboxylic acids is 1. The molecule has 4 nitrogen and oxygen atoms in total. The van der Waals surface area contributed by atoms with E-state index < -0.39 is 5.97 Å². The zero-order chi connectivity index (χ0) is 13.5. The molecule has 1 rings (SSSR count). The average molecular weight is 251 g/mol. The molecule has 4 heteroatoms. The molecule has 100 valence electrons. The number of rotatable bonds is 7. The highest BCUT2D eigenvalue weighted by Crippen LogP contribution is 2.18. The summed E-state index contributed by atoms with van der Waals surface area (Å²) in [5.74, 6) is -0.974. The van der Waals surface area contributed by atoms with Crippen molar-refractivity contribution in [2.24, 2.45) is 5.73 Å². The van der Waals surface area contributed by atoms with E-state index >= 15 is 0 Å². The van der Waals surface area contributed by atoms with Crippen molar-refractivity contribution in [3.63, 3.8) is 0 Å². The summed E-state index contributed by atoms with van der Waals surface area (Å²) in [5, 5.41) is 8.48. The Morgan fingerprint density at radius 1 is 1.33 bits per heavy atom. The van der Waals surface area contributed by atoms with Gasteiger partial charge in [-0.1, -0.05) is 32.0 Å². The highest BCUT2D eigenvalue weighted by molar-refractivity contribution is 5.67. The normalized spacial score (nSPS) is 12.4. The van der Waals surface area contributed by atoms with Gasteiger partial charge in [-0.05, 0) is 29.5 Å². The van der Waals surface area contributed by atoms with Crippen molar-refractivity contribution in [2.75, 3.05) is 13.2 Å². The summed E-state index contributed by atoms with van der Waals surface area (Å²) in [7, 11) is 0. The standard InChI is InChI=1S/C14H21NO3/c1-3-10-5-6-12(7-11(10)4-2)13(15)8-18-9-14(16)17/h5-7,13H,3-4,8-9,15H2,1-2H3,(H,16,17). The van der Waals surface area contributed by atoms with Gasteiger partial charge < -0.3 is 15.6 Å². The number of carboxylic acid groups (broad SMARTS) is 1. The lowest BCUT2D eigenvalue weighted by atomic mass is 9.97. The largest absolute Gasteiger partial charge is 0.480 e. The number of aryl methyl sites for hydroxylation is 2. The van der Waals surface area contributed by atoms with Crippen LogP contribution in [-0.2, 0) is 22.4 Å². The molecule has 0 spiro atoms. The molecule has 0 bridgehead atoms. The zero-order valence-corrected chi connectivity index (χ0v) is 11.0. The van der Waals surface area contributed by atoms with Gasteiger partial charge in [-0.15, -0.1) is 0 Å². The second-order valence-electron chi connectivity index (χ2n) is 4.25. The molecule has 0 fully saturated rings. The van der Waals surface area contributed by atoms with Crippen molar-refractivity contribution in [3.8, 4) is 0 Å². The molecule has 1 aromatic carbocycles. The van der Waals surface area contributed by atoms with Gasteiger partial charge in [-0.25, -0.2) is 4.79 Å². The smallest absolute Gasteiger partial charge is 0.329 e. The minimum absolute atomic E-state index is 0.223. The van der Waals surface area contributed by atoms with Crippen LogP contribution in [0.15, 0.2) is 18.2 Å². The zero-order valence-electron chi connectivity index (χ0n) is 11.0. The Kier molecular flexibility index (Phi) is 5.82. The summed E-state index contributed by atoms with van der Waals surface area (Å²) >= 11 is 0. The van der Waals surface area contributed by atoms with Crippen molar-refractivity contribution >= 4 is 5.97 Å². The topological polar surface area (TPSA) is 72.5 Å². The van der Waals surface area contributed by atoms with E-state index in [1.807, 2.05) is 6.07 Å². The third-order valence-electron chi connectivity index (χ3n) is 2.94. The Balaban J connectivity index is 2.67. The molecular weight excluding hydrogens is 230 g/mol. The molecule has 3 N–H and O–H groups in total. The summed E-state index contributed by atoms with van der Waals surface area (Å²) in [4.78, 5) is 10.3. The number of hydrogen-bond donors (Lipinski definition) is 2. The first kappa shape index (κ1) is 14.7. The molecular formula is C14H21NO3. The van der Waals surface area contributed by atoms with Crippen LogP contribution >= 0.6 is 0 Å². The van der Waals surface area contributed by atoms with Crippen LogP contribution in [0, 0.1) is 0 Å². The summed E-state index contributed by atoms with van der Waals surface area (Å²) in [5.41, 5.74) is 9.60. The van der Waals surface area contributed by atoms with E-state index in [-0.39, 0.29) is 19.3 Å².